The van der Waals surface area contributed by atoms with Gasteiger partial charge in [-0.25, -0.2) is 4.79 Å². The number of hydrogen-bond donors (Lipinski definition) is 3. The van der Waals surface area contributed by atoms with Gasteiger partial charge < -0.3 is 24.8 Å². The first-order valence-electron chi connectivity index (χ1n) is 6.59. The number of rotatable bonds is 12. The lowest BCUT2D eigenvalue weighted by molar-refractivity contribution is 0.194. The molecule has 0 saturated carbocycles. The lowest BCUT2D eigenvalue weighted by Gasteiger charge is -2.17. The SMILES string of the molecule is CCOP(=O)(CCNCCCCNC(=O)O)OCC. The Morgan fingerprint density at radius 1 is 1.11 bits per heavy atom. The molecule has 0 aliphatic rings. The number of nitrogens with one attached hydrogen (secondary N) is 2. The van der Waals surface area contributed by atoms with Crippen molar-refractivity contribution >= 4 is 13.7 Å². The van der Waals surface area contributed by atoms with E-state index in [4.69, 9.17) is 14.2 Å². The maximum Gasteiger partial charge on any atom is 0.404 e. The average Bonchev–Trinajstić information content (AvgIpc) is 2.33. The van der Waals surface area contributed by atoms with Crippen LogP contribution in [0, 0.1) is 0 Å². The van der Waals surface area contributed by atoms with Crippen molar-refractivity contribution in [3.05, 3.63) is 0 Å². The second-order valence-corrected chi connectivity index (χ2v) is 6.04. The van der Waals surface area contributed by atoms with Gasteiger partial charge in [0.05, 0.1) is 19.4 Å². The van der Waals surface area contributed by atoms with E-state index in [1.807, 2.05) is 0 Å². The van der Waals surface area contributed by atoms with E-state index in [-0.39, 0.29) is 0 Å². The maximum atomic E-state index is 12.1. The average molecular weight is 296 g/mol. The molecule has 0 saturated heterocycles. The molecule has 0 spiro atoms. The van der Waals surface area contributed by atoms with Gasteiger partial charge in [0.25, 0.3) is 0 Å². The molecule has 0 aliphatic carbocycles. The Morgan fingerprint density at radius 2 is 1.68 bits per heavy atom. The van der Waals surface area contributed by atoms with Crippen LogP contribution in [0.4, 0.5) is 4.79 Å². The molecule has 0 unspecified atom stereocenters. The predicted octanol–water partition coefficient (Wildman–Crippen LogP) is 1.89. The second kappa shape index (κ2) is 11.2. The van der Waals surface area contributed by atoms with Crippen molar-refractivity contribution in [1.29, 1.82) is 0 Å². The van der Waals surface area contributed by atoms with Crippen molar-refractivity contribution in [3.8, 4) is 0 Å². The normalized spacial score (nSPS) is 11.5. The summed E-state index contributed by atoms with van der Waals surface area (Å²) in [4.78, 5) is 10.2. The Balaban J connectivity index is 3.55. The van der Waals surface area contributed by atoms with Gasteiger partial charge in [-0.05, 0) is 33.2 Å². The molecule has 114 valence electrons. The first-order valence-corrected chi connectivity index (χ1v) is 8.32. The molecule has 7 nitrogen and oxygen atoms in total. The third-order valence-corrected chi connectivity index (χ3v) is 4.35. The van der Waals surface area contributed by atoms with E-state index in [0.717, 1.165) is 19.4 Å². The third kappa shape index (κ3) is 10.9. The molecule has 0 radical (unpaired) electrons. The highest BCUT2D eigenvalue weighted by molar-refractivity contribution is 7.53. The summed E-state index contributed by atoms with van der Waals surface area (Å²) in [6.45, 7) is 6.08. The van der Waals surface area contributed by atoms with Gasteiger partial charge in [0.1, 0.15) is 0 Å². The quantitative estimate of drug-likeness (QED) is 0.376. The topological polar surface area (TPSA) is 96.9 Å². The van der Waals surface area contributed by atoms with E-state index in [9.17, 15) is 9.36 Å². The number of amides is 1. The summed E-state index contributed by atoms with van der Waals surface area (Å²) in [5.74, 6) is 0. The minimum Gasteiger partial charge on any atom is -0.465 e. The van der Waals surface area contributed by atoms with E-state index in [2.05, 4.69) is 10.6 Å². The molecule has 3 N–H and O–H groups in total. The second-order valence-electron chi connectivity index (χ2n) is 3.86. The molecule has 8 heteroatoms. The molecule has 19 heavy (non-hydrogen) atoms. The zero-order valence-corrected chi connectivity index (χ0v) is 12.6. The predicted molar refractivity (Wildman–Crippen MR) is 73.9 cm³/mol. The summed E-state index contributed by atoms with van der Waals surface area (Å²) in [6, 6.07) is 0. The van der Waals surface area contributed by atoms with Gasteiger partial charge in [0, 0.05) is 13.1 Å². The maximum absolute atomic E-state index is 12.1. The summed E-state index contributed by atoms with van der Waals surface area (Å²) in [7, 11) is -2.95. The third-order valence-electron chi connectivity index (χ3n) is 2.27. The van der Waals surface area contributed by atoms with Crippen LogP contribution in [0.1, 0.15) is 26.7 Å². The Hall–Kier alpha value is -0.620. The van der Waals surface area contributed by atoms with Gasteiger partial charge in [-0.1, -0.05) is 0 Å². The Labute approximate surface area is 114 Å². The van der Waals surface area contributed by atoms with Gasteiger partial charge >= 0.3 is 13.7 Å². The van der Waals surface area contributed by atoms with Crippen LogP contribution in [0.25, 0.3) is 0 Å². The van der Waals surface area contributed by atoms with E-state index in [1.165, 1.54) is 0 Å². The zero-order chi connectivity index (χ0) is 14.6. The molecule has 0 fully saturated rings. The number of hydrogen-bond acceptors (Lipinski definition) is 5. The van der Waals surface area contributed by atoms with Crippen LogP contribution in [0.2, 0.25) is 0 Å². The molecular formula is C11H25N2O5P. The standard InChI is InChI=1S/C11H25N2O5P/c1-3-17-19(16,18-4-2)10-9-12-7-5-6-8-13-11(14)15/h12-13H,3-10H2,1-2H3,(H,14,15). The molecule has 1 amide bonds. The van der Waals surface area contributed by atoms with Gasteiger partial charge in [0.15, 0.2) is 0 Å². The van der Waals surface area contributed by atoms with E-state index in [0.29, 0.717) is 32.5 Å². The smallest absolute Gasteiger partial charge is 0.404 e. The summed E-state index contributed by atoms with van der Waals surface area (Å²) in [5, 5.41) is 13.8. The Bertz CT molecular complexity index is 278. The summed E-state index contributed by atoms with van der Waals surface area (Å²) >= 11 is 0. The molecule has 0 aromatic rings. The molecular weight excluding hydrogens is 271 g/mol. The van der Waals surface area contributed by atoms with Crippen LogP contribution in [-0.4, -0.2) is 50.2 Å². The van der Waals surface area contributed by atoms with Crippen molar-refractivity contribution in [2.45, 2.75) is 26.7 Å². The fourth-order valence-corrected chi connectivity index (χ4v) is 3.02. The Kier molecular flexibility index (Phi) is 10.9. The van der Waals surface area contributed by atoms with Crippen LogP contribution in [0.15, 0.2) is 0 Å². The van der Waals surface area contributed by atoms with E-state index < -0.39 is 13.7 Å². The van der Waals surface area contributed by atoms with Crippen molar-refractivity contribution in [2.75, 3.05) is 39.0 Å². The van der Waals surface area contributed by atoms with Crippen molar-refractivity contribution in [1.82, 2.24) is 10.6 Å². The van der Waals surface area contributed by atoms with Crippen LogP contribution < -0.4 is 10.6 Å². The lowest BCUT2D eigenvalue weighted by atomic mass is 10.3. The van der Waals surface area contributed by atoms with Gasteiger partial charge in [-0.15, -0.1) is 0 Å². The number of carbonyl (C=O) groups is 1. The van der Waals surface area contributed by atoms with Crippen LogP contribution in [0.3, 0.4) is 0 Å². The minimum atomic E-state index is -2.95. The molecule has 0 atom stereocenters. The highest BCUT2D eigenvalue weighted by Gasteiger charge is 2.22. The molecule has 0 bridgehead atoms. The van der Waals surface area contributed by atoms with Crippen molar-refractivity contribution in [2.24, 2.45) is 0 Å². The van der Waals surface area contributed by atoms with Crippen LogP contribution >= 0.6 is 7.60 Å². The Morgan fingerprint density at radius 3 is 2.21 bits per heavy atom. The monoisotopic (exact) mass is 296 g/mol. The molecule has 0 rings (SSSR count). The van der Waals surface area contributed by atoms with Gasteiger partial charge in [0.2, 0.25) is 0 Å². The first kappa shape index (κ1) is 18.4. The molecule has 0 aliphatic heterocycles. The van der Waals surface area contributed by atoms with Gasteiger partial charge in [-0.3, -0.25) is 4.57 Å². The number of carboxylic acid groups (broad SMARTS) is 1. The highest BCUT2D eigenvalue weighted by atomic mass is 31.2. The first-order chi connectivity index (χ1) is 9.04. The van der Waals surface area contributed by atoms with E-state index >= 15 is 0 Å². The van der Waals surface area contributed by atoms with Gasteiger partial charge in [-0.2, -0.15) is 0 Å². The fraction of sp³-hybridized carbons (Fsp3) is 0.909. The highest BCUT2D eigenvalue weighted by Crippen LogP contribution is 2.47. The van der Waals surface area contributed by atoms with Crippen molar-refractivity contribution in [3.63, 3.8) is 0 Å². The summed E-state index contributed by atoms with van der Waals surface area (Å²) in [6.07, 6.45) is 0.978. The van der Waals surface area contributed by atoms with Crippen LogP contribution in [-0.2, 0) is 13.6 Å². The fourth-order valence-electron chi connectivity index (χ4n) is 1.47. The number of unbranched alkanes of at least 4 members (excludes halogenated alkanes) is 1. The largest absolute Gasteiger partial charge is 0.465 e. The molecule has 0 aromatic carbocycles. The summed E-state index contributed by atoms with van der Waals surface area (Å²) < 4.78 is 22.4. The minimum absolute atomic E-state index is 0.349. The molecule has 0 aromatic heterocycles. The summed E-state index contributed by atoms with van der Waals surface area (Å²) in [5.41, 5.74) is 0. The zero-order valence-electron chi connectivity index (χ0n) is 11.7. The van der Waals surface area contributed by atoms with Crippen LogP contribution in [0.5, 0.6) is 0 Å². The molecule has 0 heterocycles. The van der Waals surface area contributed by atoms with E-state index in [1.54, 1.807) is 13.8 Å². The van der Waals surface area contributed by atoms with Crippen molar-refractivity contribution < 1.29 is 23.5 Å². The lowest BCUT2D eigenvalue weighted by Crippen LogP contribution is -2.24.